The lowest BCUT2D eigenvalue weighted by atomic mass is 10.0. The summed E-state index contributed by atoms with van der Waals surface area (Å²) in [7, 11) is 0. The van der Waals surface area contributed by atoms with Crippen LogP contribution < -0.4 is 0 Å². The molecule has 94 valence electrons. The number of alkyl halides is 6. The number of rotatable bonds is 1. The summed E-state index contributed by atoms with van der Waals surface area (Å²) in [5.41, 5.74) is -4.02. The van der Waals surface area contributed by atoms with Crippen molar-refractivity contribution in [2.24, 2.45) is 0 Å². The van der Waals surface area contributed by atoms with E-state index in [2.05, 4.69) is 6.58 Å². The fraction of sp³-hybridized carbons (Fsp3) is 0.200. The predicted octanol–water partition coefficient (Wildman–Crippen LogP) is 4.42. The summed E-state index contributed by atoms with van der Waals surface area (Å²) in [4.78, 5) is 0. The molecule has 0 heterocycles. The maximum Gasteiger partial charge on any atom is 0.419 e. The van der Waals surface area contributed by atoms with E-state index < -0.39 is 34.9 Å². The summed E-state index contributed by atoms with van der Waals surface area (Å²) in [6.45, 7) is 2.63. The summed E-state index contributed by atoms with van der Waals surface area (Å²) < 4.78 is 86.1. The van der Waals surface area contributed by atoms with Gasteiger partial charge in [-0.2, -0.15) is 26.3 Å². The molecule has 7 heteroatoms. The highest BCUT2D eigenvalue weighted by atomic mass is 19.4. The Labute approximate surface area is 91.4 Å². The van der Waals surface area contributed by atoms with Crippen LogP contribution in [0.4, 0.5) is 30.7 Å². The maximum atomic E-state index is 12.8. The standard InChI is InChI=1S/C10H5F7/c1-5(9(12,13)14)6-2-3-8(11)7(4-6)10(15,16)17/h2-4H,1H2. The number of halogens is 7. The van der Waals surface area contributed by atoms with Gasteiger partial charge >= 0.3 is 12.4 Å². The number of allylic oxidation sites excluding steroid dienone is 1. The molecule has 0 amide bonds. The molecule has 0 bridgehead atoms. The van der Waals surface area contributed by atoms with E-state index in [-0.39, 0.29) is 6.07 Å². The fourth-order valence-corrected chi connectivity index (χ4v) is 1.09. The maximum absolute atomic E-state index is 12.8. The van der Waals surface area contributed by atoms with Crippen LogP contribution in [0.3, 0.4) is 0 Å². The normalized spacial score (nSPS) is 12.6. The van der Waals surface area contributed by atoms with Gasteiger partial charge in [0, 0.05) is 0 Å². The molecular formula is C10H5F7. The molecule has 0 aromatic heterocycles. The Kier molecular flexibility index (Phi) is 3.22. The van der Waals surface area contributed by atoms with Gasteiger partial charge in [-0.15, -0.1) is 0 Å². The summed E-state index contributed by atoms with van der Waals surface area (Å²) in [5.74, 6) is -1.63. The van der Waals surface area contributed by atoms with Crippen molar-refractivity contribution in [1.29, 1.82) is 0 Å². The molecule has 0 fully saturated rings. The third kappa shape index (κ3) is 2.98. The number of hydrogen-bond acceptors (Lipinski definition) is 0. The van der Waals surface area contributed by atoms with Crippen LogP contribution in [0.15, 0.2) is 24.8 Å². The van der Waals surface area contributed by atoms with Crippen LogP contribution in [0.5, 0.6) is 0 Å². The predicted molar refractivity (Wildman–Crippen MR) is 46.5 cm³/mol. The van der Waals surface area contributed by atoms with Crippen LogP contribution in [-0.2, 0) is 6.18 Å². The molecule has 1 aromatic carbocycles. The lowest BCUT2D eigenvalue weighted by Gasteiger charge is -2.13. The minimum Gasteiger partial charge on any atom is -0.206 e. The molecule has 0 radical (unpaired) electrons. The van der Waals surface area contributed by atoms with Crippen LogP contribution in [0.2, 0.25) is 0 Å². The van der Waals surface area contributed by atoms with Gasteiger partial charge in [0.05, 0.1) is 11.1 Å². The first-order chi connectivity index (χ1) is 7.53. The average Bonchev–Trinajstić information content (AvgIpc) is 2.14. The largest absolute Gasteiger partial charge is 0.419 e. The molecule has 17 heavy (non-hydrogen) atoms. The zero-order chi connectivity index (χ0) is 13.4. The van der Waals surface area contributed by atoms with Crippen molar-refractivity contribution in [1.82, 2.24) is 0 Å². The van der Waals surface area contributed by atoms with E-state index in [4.69, 9.17) is 0 Å². The molecule has 0 saturated carbocycles. The smallest absolute Gasteiger partial charge is 0.206 e. The van der Waals surface area contributed by atoms with Crippen molar-refractivity contribution in [3.05, 3.63) is 41.7 Å². The Morgan fingerprint density at radius 2 is 1.53 bits per heavy atom. The van der Waals surface area contributed by atoms with Gasteiger partial charge in [0.15, 0.2) is 0 Å². The van der Waals surface area contributed by atoms with Gasteiger partial charge in [-0.05, 0) is 17.7 Å². The first-order valence-corrected chi connectivity index (χ1v) is 4.16. The van der Waals surface area contributed by atoms with Crippen molar-refractivity contribution in [3.63, 3.8) is 0 Å². The molecule has 1 aromatic rings. The minimum absolute atomic E-state index is 0.0884. The molecule has 0 aliphatic carbocycles. The second-order valence-corrected chi connectivity index (χ2v) is 3.17. The molecule has 0 nitrogen and oxygen atoms in total. The zero-order valence-corrected chi connectivity index (χ0v) is 8.08. The van der Waals surface area contributed by atoms with Crippen molar-refractivity contribution in [2.75, 3.05) is 0 Å². The van der Waals surface area contributed by atoms with Crippen LogP contribution in [0, 0.1) is 5.82 Å². The Hall–Kier alpha value is -1.53. The SMILES string of the molecule is C=C(c1ccc(F)c(C(F)(F)F)c1)C(F)(F)F. The van der Waals surface area contributed by atoms with Gasteiger partial charge in [0.25, 0.3) is 0 Å². The Balaban J connectivity index is 3.28. The molecular weight excluding hydrogens is 253 g/mol. The molecule has 0 aliphatic rings. The Morgan fingerprint density at radius 3 is 1.94 bits per heavy atom. The quantitative estimate of drug-likeness (QED) is 0.654. The van der Waals surface area contributed by atoms with Gasteiger partial charge in [0.2, 0.25) is 0 Å². The van der Waals surface area contributed by atoms with Gasteiger partial charge in [-0.3, -0.25) is 0 Å². The van der Waals surface area contributed by atoms with Gasteiger partial charge in [-0.25, -0.2) is 4.39 Å². The lowest BCUT2D eigenvalue weighted by molar-refractivity contribution is -0.140. The van der Waals surface area contributed by atoms with Crippen LogP contribution >= 0.6 is 0 Å². The van der Waals surface area contributed by atoms with E-state index in [1.807, 2.05) is 0 Å². The summed E-state index contributed by atoms with van der Waals surface area (Å²) >= 11 is 0. The number of hydrogen-bond donors (Lipinski definition) is 0. The molecule has 0 saturated heterocycles. The van der Waals surface area contributed by atoms with E-state index in [1.165, 1.54) is 0 Å². The van der Waals surface area contributed by atoms with Crippen LogP contribution in [-0.4, -0.2) is 6.18 Å². The topological polar surface area (TPSA) is 0 Å². The molecule has 0 atom stereocenters. The average molecular weight is 258 g/mol. The molecule has 0 aliphatic heterocycles. The van der Waals surface area contributed by atoms with Crippen molar-refractivity contribution in [3.8, 4) is 0 Å². The lowest BCUT2D eigenvalue weighted by Crippen LogP contribution is -2.12. The minimum atomic E-state index is -5.05. The first-order valence-electron chi connectivity index (χ1n) is 4.16. The van der Waals surface area contributed by atoms with Gasteiger partial charge in [0.1, 0.15) is 5.82 Å². The highest BCUT2D eigenvalue weighted by Gasteiger charge is 2.37. The van der Waals surface area contributed by atoms with E-state index in [9.17, 15) is 30.7 Å². The zero-order valence-electron chi connectivity index (χ0n) is 8.08. The Bertz CT molecular complexity index is 439. The van der Waals surface area contributed by atoms with Gasteiger partial charge < -0.3 is 0 Å². The highest BCUT2D eigenvalue weighted by molar-refractivity contribution is 5.68. The summed E-state index contributed by atoms with van der Waals surface area (Å²) in [6.07, 6.45) is -9.91. The van der Waals surface area contributed by atoms with Crippen LogP contribution in [0.1, 0.15) is 11.1 Å². The first kappa shape index (κ1) is 13.5. The van der Waals surface area contributed by atoms with Crippen LogP contribution in [0.25, 0.3) is 5.57 Å². The monoisotopic (exact) mass is 258 g/mol. The number of benzene rings is 1. The fourth-order valence-electron chi connectivity index (χ4n) is 1.09. The third-order valence-corrected chi connectivity index (χ3v) is 1.96. The van der Waals surface area contributed by atoms with Crippen molar-refractivity contribution < 1.29 is 30.7 Å². The second-order valence-electron chi connectivity index (χ2n) is 3.17. The van der Waals surface area contributed by atoms with E-state index >= 15 is 0 Å². The summed E-state index contributed by atoms with van der Waals surface area (Å²) in [6, 6.07) is 1.01. The van der Waals surface area contributed by atoms with Crippen molar-refractivity contribution >= 4 is 5.57 Å². The molecule has 1 rings (SSSR count). The highest BCUT2D eigenvalue weighted by Crippen LogP contribution is 2.37. The van der Waals surface area contributed by atoms with Gasteiger partial charge in [-0.1, -0.05) is 12.6 Å². The van der Waals surface area contributed by atoms with E-state index in [1.54, 1.807) is 0 Å². The van der Waals surface area contributed by atoms with Crippen molar-refractivity contribution in [2.45, 2.75) is 12.4 Å². The summed E-state index contributed by atoms with van der Waals surface area (Å²) in [5, 5.41) is 0. The Morgan fingerprint density at radius 1 is 1.00 bits per heavy atom. The second kappa shape index (κ2) is 4.05. The third-order valence-electron chi connectivity index (χ3n) is 1.96. The van der Waals surface area contributed by atoms with E-state index in [0.717, 1.165) is 0 Å². The molecule has 0 spiro atoms. The molecule has 0 unspecified atom stereocenters. The van der Waals surface area contributed by atoms with E-state index in [0.29, 0.717) is 12.1 Å². The molecule has 0 N–H and O–H groups in total.